The highest BCUT2D eigenvalue weighted by Crippen LogP contribution is 2.23. The Morgan fingerprint density at radius 2 is 2.00 bits per heavy atom. The Hall–Kier alpha value is -1.94. The molecule has 0 aliphatic carbocycles. The quantitative estimate of drug-likeness (QED) is 0.675. The standard InChI is InChI=1S/C15H11BrN2O/c16-9-11-3-6-15(18-10-11)19-13-5-4-12-2-1-7-17-14(12)8-13/h1-8,10H,9H2. The van der Waals surface area contributed by atoms with E-state index in [-0.39, 0.29) is 0 Å². The van der Waals surface area contributed by atoms with E-state index in [4.69, 9.17) is 4.74 Å². The molecule has 3 aromatic rings. The van der Waals surface area contributed by atoms with Crippen LogP contribution in [0.1, 0.15) is 5.56 Å². The predicted octanol–water partition coefficient (Wildman–Crippen LogP) is 4.32. The van der Waals surface area contributed by atoms with E-state index in [0.717, 1.165) is 27.5 Å². The molecule has 0 radical (unpaired) electrons. The van der Waals surface area contributed by atoms with E-state index in [2.05, 4.69) is 25.9 Å². The Balaban J connectivity index is 1.87. The predicted molar refractivity (Wildman–Crippen MR) is 78.7 cm³/mol. The lowest BCUT2D eigenvalue weighted by molar-refractivity contribution is 0.463. The number of hydrogen-bond donors (Lipinski definition) is 0. The van der Waals surface area contributed by atoms with Gasteiger partial charge in [-0.25, -0.2) is 4.98 Å². The Labute approximate surface area is 119 Å². The minimum atomic E-state index is 0.583. The Morgan fingerprint density at radius 1 is 1.05 bits per heavy atom. The van der Waals surface area contributed by atoms with Gasteiger partial charge < -0.3 is 4.74 Å². The van der Waals surface area contributed by atoms with E-state index in [9.17, 15) is 0 Å². The van der Waals surface area contributed by atoms with Gasteiger partial charge in [0.15, 0.2) is 0 Å². The van der Waals surface area contributed by atoms with Gasteiger partial charge in [-0.1, -0.05) is 28.1 Å². The van der Waals surface area contributed by atoms with Crippen molar-refractivity contribution in [1.29, 1.82) is 0 Å². The molecule has 0 unspecified atom stereocenters. The summed E-state index contributed by atoms with van der Waals surface area (Å²) in [5.41, 5.74) is 2.03. The van der Waals surface area contributed by atoms with Gasteiger partial charge in [0.1, 0.15) is 5.75 Å². The van der Waals surface area contributed by atoms with E-state index < -0.39 is 0 Å². The lowest BCUT2D eigenvalue weighted by atomic mass is 10.2. The van der Waals surface area contributed by atoms with Crippen LogP contribution in [0.2, 0.25) is 0 Å². The number of aromatic nitrogens is 2. The zero-order chi connectivity index (χ0) is 13.1. The Kier molecular flexibility index (Phi) is 3.42. The zero-order valence-electron chi connectivity index (χ0n) is 10.1. The van der Waals surface area contributed by atoms with Gasteiger partial charge in [0.25, 0.3) is 0 Å². The Morgan fingerprint density at radius 3 is 2.79 bits per heavy atom. The van der Waals surface area contributed by atoms with Gasteiger partial charge in [-0.05, 0) is 23.8 Å². The van der Waals surface area contributed by atoms with Crippen molar-refractivity contribution in [2.24, 2.45) is 0 Å². The second kappa shape index (κ2) is 5.36. The molecular weight excluding hydrogens is 304 g/mol. The molecule has 0 spiro atoms. The van der Waals surface area contributed by atoms with Gasteiger partial charge in [0, 0.05) is 35.2 Å². The van der Waals surface area contributed by atoms with Gasteiger partial charge in [0.2, 0.25) is 5.88 Å². The second-order valence-electron chi connectivity index (χ2n) is 4.10. The third-order valence-corrected chi connectivity index (χ3v) is 3.40. The summed E-state index contributed by atoms with van der Waals surface area (Å²) in [5, 5.41) is 1.89. The number of pyridine rings is 2. The summed E-state index contributed by atoms with van der Waals surface area (Å²) in [6.07, 6.45) is 3.57. The molecule has 4 heteroatoms. The number of hydrogen-bond acceptors (Lipinski definition) is 3. The summed E-state index contributed by atoms with van der Waals surface area (Å²) < 4.78 is 5.72. The third-order valence-electron chi connectivity index (χ3n) is 2.75. The van der Waals surface area contributed by atoms with Crippen LogP contribution in [-0.2, 0) is 5.33 Å². The van der Waals surface area contributed by atoms with Crippen molar-refractivity contribution in [3.8, 4) is 11.6 Å². The summed E-state index contributed by atoms with van der Waals surface area (Å²) in [7, 11) is 0. The minimum Gasteiger partial charge on any atom is -0.439 e. The van der Waals surface area contributed by atoms with Crippen LogP contribution in [-0.4, -0.2) is 9.97 Å². The first-order valence-corrected chi connectivity index (χ1v) is 7.01. The van der Waals surface area contributed by atoms with Crippen LogP contribution >= 0.6 is 15.9 Å². The van der Waals surface area contributed by atoms with Crippen LogP contribution in [0.3, 0.4) is 0 Å². The van der Waals surface area contributed by atoms with E-state index >= 15 is 0 Å². The van der Waals surface area contributed by atoms with Crippen LogP contribution < -0.4 is 4.74 Å². The van der Waals surface area contributed by atoms with E-state index in [0.29, 0.717) is 5.88 Å². The second-order valence-corrected chi connectivity index (χ2v) is 4.66. The van der Waals surface area contributed by atoms with Gasteiger partial charge in [-0.2, -0.15) is 0 Å². The first-order valence-electron chi connectivity index (χ1n) is 5.89. The van der Waals surface area contributed by atoms with Crippen LogP contribution in [0.25, 0.3) is 10.9 Å². The maximum absolute atomic E-state index is 5.72. The molecular formula is C15H11BrN2O. The summed E-state index contributed by atoms with van der Waals surface area (Å²) >= 11 is 3.39. The molecule has 0 fully saturated rings. The number of alkyl halides is 1. The molecule has 0 saturated carbocycles. The smallest absolute Gasteiger partial charge is 0.219 e. The summed E-state index contributed by atoms with van der Waals surface area (Å²) in [5.74, 6) is 1.32. The first-order chi connectivity index (χ1) is 9.35. The molecule has 0 amide bonds. The highest BCUT2D eigenvalue weighted by Gasteiger charge is 2.01. The maximum Gasteiger partial charge on any atom is 0.219 e. The van der Waals surface area contributed by atoms with Crippen molar-refractivity contribution in [3.63, 3.8) is 0 Å². The van der Waals surface area contributed by atoms with Crippen molar-refractivity contribution >= 4 is 26.8 Å². The number of rotatable bonds is 3. The normalized spacial score (nSPS) is 10.6. The molecule has 0 atom stereocenters. The van der Waals surface area contributed by atoms with E-state index in [1.165, 1.54) is 0 Å². The minimum absolute atomic E-state index is 0.583. The highest BCUT2D eigenvalue weighted by molar-refractivity contribution is 9.08. The average molecular weight is 315 g/mol. The zero-order valence-corrected chi connectivity index (χ0v) is 11.7. The lowest BCUT2D eigenvalue weighted by Crippen LogP contribution is -1.89. The monoisotopic (exact) mass is 314 g/mol. The third kappa shape index (κ3) is 2.74. The van der Waals surface area contributed by atoms with Crippen LogP contribution in [0, 0.1) is 0 Å². The fraction of sp³-hybridized carbons (Fsp3) is 0.0667. The summed E-state index contributed by atoms with van der Waals surface area (Å²) in [6.45, 7) is 0. The molecule has 0 aliphatic rings. The number of fused-ring (bicyclic) bond motifs is 1. The van der Waals surface area contributed by atoms with Crippen LogP contribution in [0.15, 0.2) is 54.9 Å². The first kappa shape index (κ1) is 12.1. The molecule has 0 bridgehead atoms. The maximum atomic E-state index is 5.72. The topological polar surface area (TPSA) is 35.0 Å². The number of halogens is 1. The molecule has 19 heavy (non-hydrogen) atoms. The van der Waals surface area contributed by atoms with Crippen molar-refractivity contribution in [3.05, 3.63) is 60.4 Å². The van der Waals surface area contributed by atoms with Crippen LogP contribution in [0.5, 0.6) is 11.6 Å². The van der Waals surface area contributed by atoms with Gasteiger partial charge in [-0.3, -0.25) is 4.98 Å². The lowest BCUT2D eigenvalue weighted by Gasteiger charge is -2.06. The fourth-order valence-electron chi connectivity index (χ4n) is 1.78. The molecule has 0 aliphatic heterocycles. The van der Waals surface area contributed by atoms with Gasteiger partial charge in [0.05, 0.1) is 5.52 Å². The van der Waals surface area contributed by atoms with E-state index in [1.807, 2.05) is 42.5 Å². The summed E-state index contributed by atoms with van der Waals surface area (Å²) in [6, 6.07) is 13.6. The number of ether oxygens (including phenoxy) is 1. The van der Waals surface area contributed by atoms with Crippen molar-refractivity contribution in [1.82, 2.24) is 9.97 Å². The molecule has 0 saturated heterocycles. The number of nitrogens with zero attached hydrogens (tertiary/aromatic N) is 2. The largest absolute Gasteiger partial charge is 0.439 e. The van der Waals surface area contributed by atoms with Gasteiger partial charge in [-0.15, -0.1) is 0 Å². The molecule has 1 aromatic carbocycles. The molecule has 3 rings (SSSR count). The van der Waals surface area contributed by atoms with E-state index in [1.54, 1.807) is 12.4 Å². The molecule has 0 N–H and O–H groups in total. The molecule has 94 valence electrons. The fourth-order valence-corrected chi connectivity index (χ4v) is 2.11. The highest BCUT2D eigenvalue weighted by atomic mass is 79.9. The number of benzene rings is 1. The SMILES string of the molecule is BrCc1ccc(Oc2ccc3cccnc3c2)nc1. The molecule has 2 aromatic heterocycles. The van der Waals surface area contributed by atoms with Crippen molar-refractivity contribution in [2.45, 2.75) is 5.33 Å². The Bertz CT molecular complexity index is 698. The van der Waals surface area contributed by atoms with Crippen molar-refractivity contribution < 1.29 is 4.74 Å². The molecule has 2 heterocycles. The van der Waals surface area contributed by atoms with Gasteiger partial charge >= 0.3 is 0 Å². The van der Waals surface area contributed by atoms with Crippen LogP contribution in [0.4, 0.5) is 0 Å². The average Bonchev–Trinajstić information content (AvgIpc) is 2.48. The summed E-state index contributed by atoms with van der Waals surface area (Å²) in [4.78, 5) is 8.56. The van der Waals surface area contributed by atoms with Crippen molar-refractivity contribution in [2.75, 3.05) is 0 Å². The molecule has 3 nitrogen and oxygen atoms in total.